The summed E-state index contributed by atoms with van der Waals surface area (Å²) in [5.74, 6) is -0.787. The van der Waals surface area contributed by atoms with Gasteiger partial charge in [-0.05, 0) is 43.3 Å². The van der Waals surface area contributed by atoms with Gasteiger partial charge in [0.05, 0.1) is 17.8 Å². The maximum Gasteiger partial charge on any atom is 0.290 e. The Bertz CT molecular complexity index is 1300. The van der Waals surface area contributed by atoms with Crippen LogP contribution in [0, 0.1) is 6.92 Å². The van der Waals surface area contributed by atoms with Gasteiger partial charge in [0, 0.05) is 11.6 Å². The van der Waals surface area contributed by atoms with Crippen molar-refractivity contribution in [2.45, 2.75) is 19.5 Å². The summed E-state index contributed by atoms with van der Waals surface area (Å²) in [5, 5.41) is 11.5. The summed E-state index contributed by atoms with van der Waals surface area (Å²) in [6.45, 7) is 1.87. The van der Waals surface area contributed by atoms with E-state index in [1.54, 1.807) is 55.6 Å². The van der Waals surface area contributed by atoms with E-state index in [0.717, 1.165) is 5.39 Å². The maximum absolute atomic E-state index is 13.4. The molecule has 7 heteroatoms. The first kappa shape index (κ1) is 18.9. The lowest BCUT2D eigenvalue weighted by molar-refractivity contribution is -0.130. The van der Waals surface area contributed by atoms with Gasteiger partial charge < -0.3 is 18.8 Å². The van der Waals surface area contributed by atoms with Crippen molar-refractivity contribution in [2.24, 2.45) is 0 Å². The highest BCUT2D eigenvalue weighted by molar-refractivity contribution is 6.15. The quantitative estimate of drug-likeness (QED) is 0.483. The van der Waals surface area contributed by atoms with Crippen molar-refractivity contribution in [1.29, 1.82) is 0 Å². The van der Waals surface area contributed by atoms with Crippen molar-refractivity contribution in [3.05, 3.63) is 101 Å². The van der Waals surface area contributed by atoms with Crippen LogP contribution in [0.5, 0.6) is 0 Å². The highest BCUT2D eigenvalue weighted by Gasteiger charge is 2.46. The SMILES string of the molecule is Cc1ccc(C2C(C(=O)c3cc4ccccc4o3)=C(O)C(=O)N2Cc2ccccn2)o1. The van der Waals surface area contributed by atoms with Crippen molar-refractivity contribution in [3.63, 3.8) is 0 Å². The molecule has 1 unspecified atom stereocenters. The van der Waals surface area contributed by atoms with Crippen molar-refractivity contribution >= 4 is 22.7 Å². The molecule has 1 aliphatic heterocycles. The number of Topliss-reactive ketones (excluding diaryl/α,β-unsaturated/α-hetero) is 1. The van der Waals surface area contributed by atoms with E-state index in [1.165, 1.54) is 4.90 Å². The standard InChI is InChI=1S/C24H18N2O5/c1-14-9-10-18(30-14)21-20(22(27)19-12-15-6-2-3-8-17(15)31-19)23(28)24(29)26(21)13-16-7-4-5-11-25-16/h2-12,21,28H,13H2,1H3. The Kier molecular flexibility index (Phi) is 4.43. The van der Waals surface area contributed by atoms with Gasteiger partial charge in [-0.2, -0.15) is 0 Å². The number of aliphatic hydroxyl groups excluding tert-OH is 1. The van der Waals surface area contributed by atoms with Crippen LogP contribution in [-0.4, -0.2) is 26.7 Å². The number of aryl methyl sites for hydroxylation is 1. The second-order valence-electron chi connectivity index (χ2n) is 7.34. The van der Waals surface area contributed by atoms with Gasteiger partial charge in [-0.3, -0.25) is 14.6 Å². The number of para-hydroxylation sites is 1. The zero-order valence-corrected chi connectivity index (χ0v) is 16.6. The minimum absolute atomic E-state index is 0.0449. The van der Waals surface area contributed by atoms with Gasteiger partial charge in [0.25, 0.3) is 5.91 Å². The van der Waals surface area contributed by atoms with Crippen LogP contribution >= 0.6 is 0 Å². The van der Waals surface area contributed by atoms with Crippen LogP contribution < -0.4 is 0 Å². The number of aromatic nitrogens is 1. The highest BCUT2D eigenvalue weighted by Crippen LogP contribution is 2.40. The van der Waals surface area contributed by atoms with Crippen molar-refractivity contribution in [1.82, 2.24) is 9.88 Å². The molecule has 4 aromatic rings. The number of furan rings is 2. The van der Waals surface area contributed by atoms with Gasteiger partial charge in [0.1, 0.15) is 23.1 Å². The third-order valence-electron chi connectivity index (χ3n) is 5.29. The Morgan fingerprint density at radius 3 is 2.61 bits per heavy atom. The topological polar surface area (TPSA) is 96.8 Å². The van der Waals surface area contributed by atoms with Crippen LogP contribution in [0.2, 0.25) is 0 Å². The van der Waals surface area contributed by atoms with Crippen LogP contribution in [0.1, 0.15) is 33.8 Å². The Labute approximate surface area is 177 Å². The van der Waals surface area contributed by atoms with E-state index >= 15 is 0 Å². The second-order valence-corrected chi connectivity index (χ2v) is 7.34. The number of ketones is 1. The zero-order chi connectivity index (χ0) is 21.5. The largest absolute Gasteiger partial charge is 0.503 e. The summed E-state index contributed by atoms with van der Waals surface area (Å²) in [6.07, 6.45) is 1.62. The molecule has 154 valence electrons. The van der Waals surface area contributed by atoms with E-state index < -0.39 is 23.5 Å². The molecule has 0 aliphatic carbocycles. The van der Waals surface area contributed by atoms with E-state index in [1.807, 2.05) is 18.2 Å². The molecule has 1 amide bonds. The minimum Gasteiger partial charge on any atom is -0.503 e. The minimum atomic E-state index is -0.899. The molecule has 7 nitrogen and oxygen atoms in total. The van der Waals surface area contributed by atoms with Crippen LogP contribution in [0.15, 0.2) is 87.0 Å². The van der Waals surface area contributed by atoms with E-state index in [9.17, 15) is 14.7 Å². The first-order chi connectivity index (χ1) is 15.0. The molecule has 0 saturated carbocycles. The molecule has 0 saturated heterocycles. The lowest BCUT2D eigenvalue weighted by atomic mass is 9.99. The fourth-order valence-corrected chi connectivity index (χ4v) is 3.84. The van der Waals surface area contributed by atoms with Gasteiger partial charge in [0.15, 0.2) is 11.5 Å². The molecule has 0 bridgehead atoms. The Hall–Kier alpha value is -4.13. The maximum atomic E-state index is 13.4. The number of pyridine rings is 1. The molecular formula is C24H18N2O5. The lowest BCUT2D eigenvalue weighted by Crippen LogP contribution is -2.30. The lowest BCUT2D eigenvalue weighted by Gasteiger charge is -2.24. The van der Waals surface area contributed by atoms with Crippen LogP contribution in [0.4, 0.5) is 0 Å². The van der Waals surface area contributed by atoms with Crippen LogP contribution in [0.3, 0.4) is 0 Å². The van der Waals surface area contributed by atoms with Gasteiger partial charge in [0.2, 0.25) is 5.78 Å². The summed E-state index contributed by atoms with van der Waals surface area (Å²) >= 11 is 0. The average molecular weight is 414 g/mol. The predicted octanol–water partition coefficient (Wildman–Crippen LogP) is 4.51. The summed E-state index contributed by atoms with van der Waals surface area (Å²) in [7, 11) is 0. The number of amides is 1. The third kappa shape index (κ3) is 3.20. The average Bonchev–Trinajstić information content (AvgIpc) is 3.46. The Balaban J connectivity index is 1.59. The number of aliphatic hydroxyl groups is 1. The normalized spacial score (nSPS) is 16.5. The summed E-state index contributed by atoms with van der Waals surface area (Å²) in [5.41, 5.74) is 1.09. The number of hydrogen-bond donors (Lipinski definition) is 1. The molecule has 0 fully saturated rings. The van der Waals surface area contributed by atoms with Crippen molar-refractivity contribution in [2.75, 3.05) is 0 Å². The number of rotatable bonds is 5. The van der Waals surface area contributed by atoms with Gasteiger partial charge in [-0.25, -0.2) is 0 Å². The van der Waals surface area contributed by atoms with Crippen LogP contribution in [-0.2, 0) is 11.3 Å². The molecule has 1 N–H and O–H groups in total. The zero-order valence-electron chi connectivity index (χ0n) is 16.6. The van der Waals surface area contributed by atoms with Gasteiger partial charge in [-0.15, -0.1) is 0 Å². The highest BCUT2D eigenvalue weighted by atomic mass is 16.4. The molecule has 1 aliphatic rings. The number of nitrogens with zero attached hydrogens (tertiary/aromatic N) is 2. The predicted molar refractivity (Wildman–Crippen MR) is 111 cm³/mol. The molecule has 3 aromatic heterocycles. The molecule has 0 spiro atoms. The van der Waals surface area contributed by atoms with Crippen molar-refractivity contribution in [3.8, 4) is 0 Å². The number of benzene rings is 1. The molecular weight excluding hydrogens is 396 g/mol. The molecule has 0 radical (unpaired) electrons. The second kappa shape index (κ2) is 7.28. The molecule has 1 aromatic carbocycles. The number of hydrogen-bond acceptors (Lipinski definition) is 6. The van der Waals surface area contributed by atoms with Gasteiger partial charge in [-0.1, -0.05) is 24.3 Å². The molecule has 1 atom stereocenters. The summed E-state index contributed by atoms with van der Waals surface area (Å²) in [6, 6.07) is 16.7. The molecule has 31 heavy (non-hydrogen) atoms. The fraction of sp³-hybridized carbons (Fsp3) is 0.125. The Morgan fingerprint density at radius 2 is 1.90 bits per heavy atom. The first-order valence-electron chi connectivity index (χ1n) is 9.76. The smallest absolute Gasteiger partial charge is 0.290 e. The van der Waals surface area contributed by atoms with E-state index in [0.29, 0.717) is 22.8 Å². The fourth-order valence-electron chi connectivity index (χ4n) is 3.84. The van der Waals surface area contributed by atoms with E-state index in [-0.39, 0.29) is 17.9 Å². The third-order valence-corrected chi connectivity index (χ3v) is 5.29. The van der Waals surface area contributed by atoms with E-state index in [2.05, 4.69) is 4.98 Å². The molecule has 5 rings (SSSR count). The first-order valence-corrected chi connectivity index (χ1v) is 9.76. The number of carbonyl (C=O) groups excluding carboxylic acids is 2. The van der Waals surface area contributed by atoms with Crippen LogP contribution in [0.25, 0.3) is 11.0 Å². The summed E-state index contributed by atoms with van der Waals surface area (Å²) in [4.78, 5) is 32.0. The molecule has 4 heterocycles. The number of carbonyl (C=O) groups is 2. The van der Waals surface area contributed by atoms with Gasteiger partial charge >= 0.3 is 0 Å². The Morgan fingerprint density at radius 1 is 1.10 bits per heavy atom. The van der Waals surface area contributed by atoms with E-state index in [4.69, 9.17) is 8.83 Å². The monoisotopic (exact) mass is 414 g/mol. The summed E-state index contributed by atoms with van der Waals surface area (Å²) < 4.78 is 11.5. The van der Waals surface area contributed by atoms with Crippen molar-refractivity contribution < 1.29 is 23.5 Å². The number of fused-ring (bicyclic) bond motifs is 1.